The van der Waals surface area contributed by atoms with Gasteiger partial charge in [0, 0.05) is 11.1 Å². The van der Waals surface area contributed by atoms with E-state index in [4.69, 9.17) is 16.3 Å². The fourth-order valence-corrected chi connectivity index (χ4v) is 1.75. The van der Waals surface area contributed by atoms with Gasteiger partial charge in [-0.3, -0.25) is 25.2 Å². The molecule has 1 aliphatic carbocycles. The van der Waals surface area contributed by atoms with Crippen LogP contribution in [-0.4, -0.2) is 30.9 Å². The van der Waals surface area contributed by atoms with E-state index in [9.17, 15) is 14.4 Å². The van der Waals surface area contributed by atoms with Gasteiger partial charge in [0.05, 0.1) is 12.7 Å². The Morgan fingerprint density at radius 2 is 1.90 bits per heavy atom. The van der Waals surface area contributed by atoms with E-state index >= 15 is 0 Å². The molecule has 0 radical (unpaired) electrons. The van der Waals surface area contributed by atoms with Gasteiger partial charge in [0.15, 0.2) is 0 Å². The molecule has 0 spiro atoms. The molecule has 3 amide bonds. The molecule has 1 aromatic carbocycles. The van der Waals surface area contributed by atoms with E-state index in [0.29, 0.717) is 10.8 Å². The van der Waals surface area contributed by atoms with E-state index < -0.39 is 17.7 Å². The number of hydrogen-bond donors (Lipinski definition) is 3. The first-order valence-electron chi connectivity index (χ1n) is 6.26. The van der Waals surface area contributed by atoms with Crippen molar-refractivity contribution in [1.29, 1.82) is 0 Å². The number of methoxy groups -OCH3 is 1. The van der Waals surface area contributed by atoms with Gasteiger partial charge in [-0.1, -0.05) is 11.6 Å². The zero-order valence-corrected chi connectivity index (χ0v) is 12.0. The molecule has 21 heavy (non-hydrogen) atoms. The van der Waals surface area contributed by atoms with Gasteiger partial charge in [-0.05, 0) is 31.0 Å². The van der Waals surface area contributed by atoms with Crippen LogP contribution in [0.25, 0.3) is 0 Å². The number of amides is 3. The van der Waals surface area contributed by atoms with Crippen LogP contribution < -0.4 is 20.9 Å². The Hall–Kier alpha value is -2.28. The van der Waals surface area contributed by atoms with Gasteiger partial charge < -0.3 is 10.1 Å². The molecule has 7 nitrogen and oxygen atoms in total. The molecule has 0 bridgehead atoms. The lowest BCUT2D eigenvalue weighted by atomic mass is 10.2. The molecule has 0 unspecified atom stereocenters. The van der Waals surface area contributed by atoms with Crippen LogP contribution in [0.1, 0.15) is 23.2 Å². The molecule has 2 rings (SSSR count). The van der Waals surface area contributed by atoms with Crippen molar-refractivity contribution in [2.75, 3.05) is 7.11 Å². The van der Waals surface area contributed by atoms with Gasteiger partial charge in [0.1, 0.15) is 5.75 Å². The van der Waals surface area contributed by atoms with E-state index in [1.807, 2.05) is 5.43 Å². The van der Waals surface area contributed by atoms with Crippen LogP contribution >= 0.6 is 11.6 Å². The van der Waals surface area contributed by atoms with Crippen molar-refractivity contribution >= 4 is 29.3 Å². The Balaban J connectivity index is 1.93. The lowest BCUT2D eigenvalue weighted by Crippen LogP contribution is -2.49. The SMILES string of the molecule is COc1ccc(Cl)cc1C(=O)NNC(=O)C(=O)NC1CC1. The largest absolute Gasteiger partial charge is 0.496 e. The number of halogens is 1. The Morgan fingerprint density at radius 1 is 1.19 bits per heavy atom. The summed E-state index contributed by atoms with van der Waals surface area (Å²) >= 11 is 5.81. The summed E-state index contributed by atoms with van der Waals surface area (Å²) < 4.78 is 5.03. The van der Waals surface area contributed by atoms with E-state index in [1.165, 1.54) is 19.2 Å². The monoisotopic (exact) mass is 311 g/mol. The minimum absolute atomic E-state index is 0.0620. The molecule has 0 atom stereocenters. The Bertz CT molecular complexity index is 587. The molecule has 112 valence electrons. The average Bonchev–Trinajstić information content (AvgIpc) is 3.28. The van der Waals surface area contributed by atoms with Crippen molar-refractivity contribution in [3.8, 4) is 5.75 Å². The summed E-state index contributed by atoms with van der Waals surface area (Å²) in [4.78, 5) is 34.8. The number of nitrogens with one attached hydrogen (secondary N) is 3. The molecule has 0 saturated heterocycles. The van der Waals surface area contributed by atoms with Crippen LogP contribution in [0.15, 0.2) is 18.2 Å². The third-order valence-electron chi connectivity index (χ3n) is 2.81. The van der Waals surface area contributed by atoms with E-state index in [-0.39, 0.29) is 11.6 Å². The van der Waals surface area contributed by atoms with Crippen molar-refractivity contribution in [3.63, 3.8) is 0 Å². The zero-order chi connectivity index (χ0) is 15.4. The highest BCUT2D eigenvalue weighted by molar-refractivity contribution is 6.35. The fourth-order valence-electron chi connectivity index (χ4n) is 1.57. The maximum Gasteiger partial charge on any atom is 0.327 e. The molecule has 8 heteroatoms. The van der Waals surface area contributed by atoms with Crippen LogP contribution in [0.2, 0.25) is 5.02 Å². The van der Waals surface area contributed by atoms with Gasteiger partial charge >= 0.3 is 11.8 Å². The summed E-state index contributed by atoms with van der Waals surface area (Å²) in [6.45, 7) is 0. The molecular weight excluding hydrogens is 298 g/mol. The molecule has 3 N–H and O–H groups in total. The van der Waals surface area contributed by atoms with Crippen LogP contribution in [0.5, 0.6) is 5.75 Å². The molecule has 0 aliphatic heterocycles. The van der Waals surface area contributed by atoms with Gasteiger partial charge in [-0.15, -0.1) is 0 Å². The lowest BCUT2D eigenvalue weighted by molar-refractivity contribution is -0.139. The van der Waals surface area contributed by atoms with Crippen molar-refractivity contribution in [1.82, 2.24) is 16.2 Å². The molecule has 1 aliphatic rings. The topological polar surface area (TPSA) is 96.5 Å². The molecule has 0 aromatic heterocycles. The maximum absolute atomic E-state index is 11.9. The number of ether oxygens (including phenoxy) is 1. The Labute approximate surface area is 126 Å². The highest BCUT2D eigenvalue weighted by Gasteiger charge is 2.26. The Kier molecular flexibility index (Phi) is 4.64. The third kappa shape index (κ3) is 4.09. The maximum atomic E-state index is 11.9. The lowest BCUT2D eigenvalue weighted by Gasteiger charge is -2.10. The summed E-state index contributed by atoms with van der Waals surface area (Å²) in [6.07, 6.45) is 1.73. The first-order chi connectivity index (χ1) is 10.0. The third-order valence-corrected chi connectivity index (χ3v) is 3.05. The standard InChI is InChI=1S/C13H14ClN3O4/c1-21-10-5-2-7(14)6-9(10)11(18)16-17-13(20)12(19)15-8-3-4-8/h2,5-6,8H,3-4H2,1H3,(H,15,19)(H,16,18)(H,17,20). The van der Waals surface area contributed by atoms with Gasteiger partial charge in [0.2, 0.25) is 0 Å². The van der Waals surface area contributed by atoms with Gasteiger partial charge in [-0.2, -0.15) is 0 Å². The molecule has 1 aromatic rings. The minimum atomic E-state index is -0.934. The molecule has 0 heterocycles. The van der Waals surface area contributed by atoms with Gasteiger partial charge in [-0.25, -0.2) is 0 Å². The number of hydrazine groups is 1. The summed E-state index contributed by atoms with van der Waals surface area (Å²) in [5.41, 5.74) is 4.32. The molecule has 1 saturated carbocycles. The number of benzene rings is 1. The minimum Gasteiger partial charge on any atom is -0.496 e. The second kappa shape index (κ2) is 6.45. The normalized spacial score (nSPS) is 13.2. The summed E-state index contributed by atoms with van der Waals surface area (Å²) in [5, 5.41) is 2.85. The molecule has 1 fully saturated rings. The van der Waals surface area contributed by atoms with Crippen LogP contribution in [0.3, 0.4) is 0 Å². The smallest absolute Gasteiger partial charge is 0.327 e. The first kappa shape index (κ1) is 15.1. The second-order valence-electron chi connectivity index (χ2n) is 4.50. The van der Waals surface area contributed by atoms with E-state index in [0.717, 1.165) is 12.8 Å². The predicted molar refractivity (Wildman–Crippen MR) is 74.8 cm³/mol. The van der Waals surface area contributed by atoms with E-state index in [1.54, 1.807) is 6.07 Å². The summed E-state index contributed by atoms with van der Waals surface area (Å²) in [5.74, 6) is -2.05. The number of carbonyl (C=O) groups is 3. The quantitative estimate of drug-likeness (QED) is 0.555. The van der Waals surface area contributed by atoms with Gasteiger partial charge in [0.25, 0.3) is 5.91 Å². The highest BCUT2D eigenvalue weighted by Crippen LogP contribution is 2.22. The number of hydrogen-bond acceptors (Lipinski definition) is 4. The Morgan fingerprint density at radius 3 is 2.52 bits per heavy atom. The predicted octanol–water partition coefficient (Wildman–Crippen LogP) is 0.388. The van der Waals surface area contributed by atoms with Crippen molar-refractivity contribution in [3.05, 3.63) is 28.8 Å². The van der Waals surface area contributed by atoms with Crippen molar-refractivity contribution in [2.24, 2.45) is 0 Å². The average molecular weight is 312 g/mol. The highest BCUT2D eigenvalue weighted by atomic mass is 35.5. The number of rotatable bonds is 3. The van der Waals surface area contributed by atoms with Crippen molar-refractivity contribution < 1.29 is 19.1 Å². The van der Waals surface area contributed by atoms with Crippen LogP contribution in [0.4, 0.5) is 0 Å². The second-order valence-corrected chi connectivity index (χ2v) is 4.94. The fraction of sp³-hybridized carbons (Fsp3) is 0.308. The van der Waals surface area contributed by atoms with Crippen LogP contribution in [-0.2, 0) is 9.59 Å². The van der Waals surface area contributed by atoms with E-state index in [2.05, 4.69) is 10.7 Å². The first-order valence-corrected chi connectivity index (χ1v) is 6.63. The summed E-state index contributed by atoms with van der Waals surface area (Å²) in [7, 11) is 1.40. The molecular formula is C13H14ClN3O4. The zero-order valence-electron chi connectivity index (χ0n) is 11.2. The van der Waals surface area contributed by atoms with Crippen LogP contribution in [0, 0.1) is 0 Å². The summed E-state index contributed by atoms with van der Waals surface area (Å²) in [6, 6.07) is 4.55. The van der Waals surface area contributed by atoms with Crippen molar-refractivity contribution in [2.45, 2.75) is 18.9 Å². The number of carbonyl (C=O) groups excluding carboxylic acids is 3.